The van der Waals surface area contributed by atoms with Crippen LogP contribution in [0, 0.1) is 46.3 Å². The molecule has 4 aliphatic carbocycles. The van der Waals surface area contributed by atoms with Gasteiger partial charge in [-0.1, -0.05) is 58.4 Å². The maximum absolute atomic E-state index is 11.1. The molecule has 0 amide bonds. The van der Waals surface area contributed by atoms with Crippen molar-refractivity contribution in [2.24, 2.45) is 46.3 Å². The second kappa shape index (κ2) is 7.27. The number of hydrogen-bond donors (Lipinski definition) is 2. The lowest BCUT2D eigenvalue weighted by Crippen LogP contribution is -2.53. The molecule has 28 heavy (non-hydrogen) atoms. The van der Waals surface area contributed by atoms with Crippen LogP contribution in [0.2, 0.25) is 0 Å². The summed E-state index contributed by atoms with van der Waals surface area (Å²) in [6.45, 7) is 11.9. The van der Waals surface area contributed by atoms with Gasteiger partial charge in [-0.15, -0.1) is 0 Å². The summed E-state index contributed by atoms with van der Waals surface area (Å²) in [5.41, 5.74) is 2.14. The third kappa shape index (κ3) is 3.14. The van der Waals surface area contributed by atoms with Crippen LogP contribution in [0.1, 0.15) is 79.6 Å². The van der Waals surface area contributed by atoms with Gasteiger partial charge in [0, 0.05) is 0 Å². The van der Waals surface area contributed by atoms with Gasteiger partial charge in [-0.05, 0) is 91.3 Å². The highest BCUT2D eigenvalue weighted by atomic mass is 16.3. The molecular weight excluding hydrogens is 344 g/mol. The minimum absolute atomic E-state index is 0.172. The summed E-state index contributed by atoms with van der Waals surface area (Å²) in [6, 6.07) is 0. The first kappa shape index (κ1) is 20.7. The highest BCUT2D eigenvalue weighted by Gasteiger charge is 2.59. The maximum Gasteiger partial charge on any atom is 0.0758 e. The lowest BCUT2D eigenvalue weighted by Gasteiger charge is -2.58. The van der Waals surface area contributed by atoms with Crippen LogP contribution in [0.5, 0.6) is 0 Å². The first-order valence-corrected chi connectivity index (χ1v) is 11.9. The molecule has 0 aromatic carbocycles. The smallest absolute Gasteiger partial charge is 0.0758 e. The average molecular weight is 387 g/mol. The third-order valence-electron chi connectivity index (χ3n) is 9.58. The largest absolute Gasteiger partial charge is 0.393 e. The zero-order chi connectivity index (χ0) is 20.3. The second-order valence-corrected chi connectivity index (χ2v) is 11.5. The van der Waals surface area contributed by atoms with Crippen LogP contribution in [0.3, 0.4) is 0 Å². The Bertz CT molecular complexity index is 649. The van der Waals surface area contributed by atoms with E-state index in [2.05, 4.69) is 52.8 Å². The van der Waals surface area contributed by atoms with Gasteiger partial charge < -0.3 is 10.2 Å². The normalized spacial score (nSPS) is 49.5. The van der Waals surface area contributed by atoms with Gasteiger partial charge in [-0.25, -0.2) is 0 Å². The van der Waals surface area contributed by atoms with Crippen LogP contribution in [-0.4, -0.2) is 22.4 Å². The van der Waals surface area contributed by atoms with Crippen molar-refractivity contribution < 1.29 is 10.2 Å². The minimum atomic E-state index is -0.370. The Morgan fingerprint density at radius 1 is 0.929 bits per heavy atom. The quantitative estimate of drug-likeness (QED) is 0.607. The van der Waals surface area contributed by atoms with Gasteiger partial charge in [-0.3, -0.25) is 0 Å². The van der Waals surface area contributed by atoms with Crippen LogP contribution < -0.4 is 0 Å². The Hall–Kier alpha value is -0.600. The molecule has 4 aliphatic rings. The van der Waals surface area contributed by atoms with Crippen molar-refractivity contribution in [1.29, 1.82) is 0 Å². The standard InChI is InChI=1S/C26H42O2/c1-16(2)6-7-17(3)20-8-9-21-19-15-24(28)23-14-18(27)10-12-26(23,5)22(19)11-13-25(20,21)4/h6-7,15-18,20-24,27-28H,8-14H2,1-5H3/b7-6+/t17-,18+,20-,21?,22?,23-,24+,25-,26-/m1/s1. The SMILES string of the molecule is CC(C)/C=C/[C@@H](C)[C@H]1CCC2C3=C[C@H](O)[C@H]4C[C@@H](O)CC[C@]4(C)C3CC[C@@]21C. The Labute approximate surface area is 172 Å². The van der Waals surface area contributed by atoms with Crippen LogP contribution in [-0.2, 0) is 0 Å². The predicted octanol–water partition coefficient (Wildman–Crippen LogP) is 5.75. The number of rotatable bonds is 3. The van der Waals surface area contributed by atoms with Gasteiger partial charge in [0.25, 0.3) is 0 Å². The van der Waals surface area contributed by atoms with E-state index in [4.69, 9.17) is 0 Å². The van der Waals surface area contributed by atoms with E-state index in [1.807, 2.05) is 0 Å². The van der Waals surface area contributed by atoms with Gasteiger partial charge in [-0.2, -0.15) is 0 Å². The fourth-order valence-electron chi connectivity index (χ4n) is 7.99. The molecule has 0 spiro atoms. The maximum atomic E-state index is 11.1. The van der Waals surface area contributed by atoms with Crippen LogP contribution in [0.25, 0.3) is 0 Å². The van der Waals surface area contributed by atoms with Gasteiger partial charge in [0.05, 0.1) is 12.2 Å². The first-order valence-electron chi connectivity index (χ1n) is 11.9. The molecule has 3 saturated carbocycles. The van der Waals surface area contributed by atoms with Gasteiger partial charge in [0.2, 0.25) is 0 Å². The summed E-state index contributed by atoms with van der Waals surface area (Å²) in [5, 5.41) is 21.3. The Morgan fingerprint density at radius 3 is 2.32 bits per heavy atom. The van der Waals surface area contributed by atoms with E-state index in [0.717, 1.165) is 25.2 Å². The van der Waals surface area contributed by atoms with E-state index >= 15 is 0 Å². The number of aliphatic hydroxyl groups is 2. The Morgan fingerprint density at radius 2 is 1.61 bits per heavy atom. The van der Waals surface area contributed by atoms with Gasteiger partial charge in [0.1, 0.15) is 0 Å². The number of hydrogen-bond acceptors (Lipinski definition) is 2. The molecule has 0 aliphatic heterocycles. The van der Waals surface area contributed by atoms with Gasteiger partial charge >= 0.3 is 0 Å². The Balaban J connectivity index is 1.62. The molecule has 0 aromatic rings. The van der Waals surface area contributed by atoms with Crippen molar-refractivity contribution in [1.82, 2.24) is 0 Å². The van der Waals surface area contributed by atoms with Crippen molar-refractivity contribution >= 4 is 0 Å². The molecule has 0 bridgehead atoms. The minimum Gasteiger partial charge on any atom is -0.393 e. The van der Waals surface area contributed by atoms with E-state index in [9.17, 15) is 10.2 Å². The summed E-state index contributed by atoms with van der Waals surface area (Å²) in [6.07, 6.45) is 14.5. The van der Waals surface area contributed by atoms with Crippen molar-refractivity contribution in [3.63, 3.8) is 0 Å². The van der Waals surface area contributed by atoms with Crippen LogP contribution in [0.15, 0.2) is 23.8 Å². The van der Waals surface area contributed by atoms with Crippen molar-refractivity contribution in [2.45, 2.75) is 91.8 Å². The van der Waals surface area contributed by atoms with E-state index in [0.29, 0.717) is 29.1 Å². The lowest BCUT2D eigenvalue weighted by atomic mass is 9.47. The molecule has 158 valence electrons. The average Bonchev–Trinajstić information content (AvgIpc) is 2.99. The lowest BCUT2D eigenvalue weighted by molar-refractivity contribution is -0.0829. The number of aliphatic hydroxyl groups excluding tert-OH is 2. The highest BCUT2D eigenvalue weighted by molar-refractivity contribution is 5.30. The highest BCUT2D eigenvalue weighted by Crippen LogP contribution is 2.66. The fraction of sp³-hybridized carbons (Fsp3) is 0.846. The summed E-state index contributed by atoms with van der Waals surface area (Å²) in [7, 11) is 0. The number of allylic oxidation sites excluding steroid dienone is 3. The number of fused-ring (bicyclic) bond motifs is 5. The molecule has 4 rings (SSSR count). The second-order valence-electron chi connectivity index (χ2n) is 11.5. The molecule has 0 heterocycles. The Kier molecular flexibility index (Phi) is 5.37. The summed E-state index contributed by atoms with van der Waals surface area (Å²) < 4.78 is 0. The zero-order valence-electron chi connectivity index (χ0n) is 18.7. The van der Waals surface area contributed by atoms with Crippen LogP contribution >= 0.6 is 0 Å². The predicted molar refractivity (Wildman–Crippen MR) is 116 cm³/mol. The molecule has 3 fully saturated rings. The molecule has 2 N–H and O–H groups in total. The molecule has 2 nitrogen and oxygen atoms in total. The van der Waals surface area contributed by atoms with E-state index in [1.54, 1.807) is 5.57 Å². The van der Waals surface area contributed by atoms with E-state index in [-0.39, 0.29) is 23.5 Å². The zero-order valence-corrected chi connectivity index (χ0v) is 18.7. The van der Waals surface area contributed by atoms with Crippen LogP contribution in [0.4, 0.5) is 0 Å². The van der Waals surface area contributed by atoms with E-state index in [1.165, 1.54) is 25.7 Å². The molecule has 0 saturated heterocycles. The summed E-state index contributed by atoms with van der Waals surface area (Å²) in [4.78, 5) is 0. The van der Waals surface area contributed by atoms with E-state index < -0.39 is 0 Å². The topological polar surface area (TPSA) is 40.5 Å². The van der Waals surface area contributed by atoms with Gasteiger partial charge in [0.15, 0.2) is 0 Å². The molecule has 0 radical (unpaired) electrons. The molecule has 2 heteroatoms. The first-order chi connectivity index (χ1) is 13.2. The van der Waals surface area contributed by atoms with Crippen molar-refractivity contribution in [3.05, 3.63) is 23.8 Å². The summed E-state index contributed by atoms with van der Waals surface area (Å²) in [5.74, 6) is 3.51. The molecule has 2 unspecified atom stereocenters. The molecule has 9 atom stereocenters. The third-order valence-corrected chi connectivity index (χ3v) is 9.58. The monoisotopic (exact) mass is 386 g/mol. The molecular formula is C26H42O2. The fourth-order valence-corrected chi connectivity index (χ4v) is 7.99. The van der Waals surface area contributed by atoms with Crippen molar-refractivity contribution in [3.8, 4) is 0 Å². The van der Waals surface area contributed by atoms with Crippen molar-refractivity contribution in [2.75, 3.05) is 0 Å². The molecule has 0 aromatic heterocycles. The summed E-state index contributed by atoms with van der Waals surface area (Å²) >= 11 is 0.